The standard InChI is InChI=1S/C20H16BrNO3S/c1-15-11-13-16(14-12-15)22(20(23)18-9-5-6-10-19(18)21)26(24,25)17-7-3-2-4-8-17/h2-14H,1H3. The van der Waals surface area contributed by atoms with Crippen LogP contribution in [0.1, 0.15) is 15.9 Å². The topological polar surface area (TPSA) is 54.5 Å². The summed E-state index contributed by atoms with van der Waals surface area (Å²) in [5, 5.41) is 0. The van der Waals surface area contributed by atoms with E-state index in [0.717, 1.165) is 9.87 Å². The molecule has 3 rings (SSSR count). The Kier molecular flexibility index (Phi) is 5.25. The van der Waals surface area contributed by atoms with Crippen molar-refractivity contribution in [2.45, 2.75) is 11.8 Å². The van der Waals surface area contributed by atoms with Crippen LogP contribution in [0.3, 0.4) is 0 Å². The van der Waals surface area contributed by atoms with Gasteiger partial charge in [-0.15, -0.1) is 0 Å². The predicted molar refractivity (Wildman–Crippen MR) is 106 cm³/mol. The Balaban J connectivity index is 2.19. The second-order valence-electron chi connectivity index (χ2n) is 5.70. The molecular weight excluding hydrogens is 414 g/mol. The summed E-state index contributed by atoms with van der Waals surface area (Å²) in [4.78, 5) is 13.2. The number of hydrogen-bond donors (Lipinski definition) is 0. The van der Waals surface area contributed by atoms with Crippen LogP contribution in [0.5, 0.6) is 0 Å². The molecule has 1 amide bonds. The van der Waals surface area contributed by atoms with Gasteiger partial charge in [0.05, 0.1) is 16.1 Å². The molecule has 6 heteroatoms. The predicted octanol–water partition coefficient (Wildman–Crippen LogP) is 4.79. The third-order valence-corrected chi connectivity index (χ3v) is 6.26. The third kappa shape index (κ3) is 3.57. The second-order valence-corrected chi connectivity index (χ2v) is 8.34. The number of anilines is 1. The highest BCUT2D eigenvalue weighted by Gasteiger charge is 2.32. The highest BCUT2D eigenvalue weighted by Crippen LogP contribution is 2.28. The van der Waals surface area contributed by atoms with Crippen molar-refractivity contribution in [2.24, 2.45) is 0 Å². The maximum atomic E-state index is 13.2. The summed E-state index contributed by atoms with van der Waals surface area (Å²) in [6.07, 6.45) is 0. The quantitative estimate of drug-likeness (QED) is 0.598. The van der Waals surface area contributed by atoms with Crippen molar-refractivity contribution in [1.29, 1.82) is 0 Å². The van der Waals surface area contributed by atoms with Gasteiger partial charge in [0.1, 0.15) is 0 Å². The van der Waals surface area contributed by atoms with Crippen LogP contribution in [0, 0.1) is 6.92 Å². The molecule has 0 atom stereocenters. The number of sulfonamides is 1. The van der Waals surface area contributed by atoms with Crippen LogP contribution in [-0.4, -0.2) is 14.3 Å². The molecule has 0 N–H and O–H groups in total. The largest absolute Gasteiger partial charge is 0.273 e. The molecule has 3 aromatic carbocycles. The molecular formula is C20H16BrNO3S. The molecule has 0 aliphatic carbocycles. The fourth-order valence-corrected chi connectivity index (χ4v) is 4.37. The van der Waals surface area contributed by atoms with E-state index in [4.69, 9.17) is 0 Å². The number of halogens is 1. The Bertz CT molecular complexity index is 1030. The summed E-state index contributed by atoms with van der Waals surface area (Å²) < 4.78 is 27.8. The van der Waals surface area contributed by atoms with Gasteiger partial charge in [0.25, 0.3) is 15.9 Å². The Hall–Kier alpha value is -2.44. The number of hydrogen-bond acceptors (Lipinski definition) is 3. The van der Waals surface area contributed by atoms with E-state index in [9.17, 15) is 13.2 Å². The fourth-order valence-electron chi connectivity index (χ4n) is 2.49. The van der Waals surface area contributed by atoms with E-state index >= 15 is 0 Å². The summed E-state index contributed by atoms with van der Waals surface area (Å²) in [6.45, 7) is 1.90. The number of carbonyl (C=O) groups is 1. The van der Waals surface area contributed by atoms with Crippen LogP contribution in [0.25, 0.3) is 0 Å². The van der Waals surface area contributed by atoms with Gasteiger partial charge in [-0.1, -0.05) is 48.0 Å². The molecule has 0 unspecified atom stereocenters. The Morgan fingerprint density at radius 2 is 1.42 bits per heavy atom. The zero-order valence-electron chi connectivity index (χ0n) is 14.0. The number of benzene rings is 3. The average molecular weight is 430 g/mol. The minimum Gasteiger partial charge on any atom is -0.268 e. The zero-order chi connectivity index (χ0) is 18.7. The van der Waals surface area contributed by atoms with E-state index in [1.165, 1.54) is 12.1 Å². The lowest BCUT2D eigenvalue weighted by Gasteiger charge is -2.23. The third-order valence-electron chi connectivity index (χ3n) is 3.84. The first-order valence-electron chi connectivity index (χ1n) is 7.87. The van der Waals surface area contributed by atoms with Crippen LogP contribution >= 0.6 is 15.9 Å². The first-order chi connectivity index (χ1) is 12.4. The molecule has 0 aliphatic rings. The molecule has 0 aromatic heterocycles. The summed E-state index contributed by atoms with van der Waals surface area (Å²) >= 11 is 3.33. The van der Waals surface area contributed by atoms with Gasteiger partial charge in [0.15, 0.2) is 0 Å². The minimum atomic E-state index is -4.07. The average Bonchev–Trinajstić information content (AvgIpc) is 2.64. The van der Waals surface area contributed by atoms with E-state index in [1.54, 1.807) is 66.7 Å². The second kappa shape index (κ2) is 7.43. The van der Waals surface area contributed by atoms with E-state index < -0.39 is 15.9 Å². The maximum Gasteiger partial charge on any atom is 0.273 e. The smallest absolute Gasteiger partial charge is 0.268 e. The van der Waals surface area contributed by atoms with Gasteiger partial charge in [-0.25, -0.2) is 8.42 Å². The van der Waals surface area contributed by atoms with Gasteiger partial charge >= 0.3 is 0 Å². The van der Waals surface area contributed by atoms with Crippen LogP contribution < -0.4 is 4.31 Å². The summed E-state index contributed by atoms with van der Waals surface area (Å²) in [7, 11) is -4.07. The van der Waals surface area contributed by atoms with E-state index in [1.807, 2.05) is 6.92 Å². The van der Waals surface area contributed by atoms with Gasteiger partial charge in [-0.05, 0) is 59.3 Å². The molecule has 0 heterocycles. The lowest BCUT2D eigenvalue weighted by Crippen LogP contribution is -2.37. The number of carbonyl (C=O) groups excluding carboxylic acids is 1. The van der Waals surface area contributed by atoms with Gasteiger partial charge in [0.2, 0.25) is 0 Å². The van der Waals surface area contributed by atoms with E-state index in [-0.39, 0.29) is 10.5 Å². The van der Waals surface area contributed by atoms with Crippen LogP contribution in [0.4, 0.5) is 5.69 Å². The van der Waals surface area contributed by atoms with Crippen molar-refractivity contribution >= 4 is 37.5 Å². The normalized spacial score (nSPS) is 11.2. The lowest BCUT2D eigenvalue weighted by atomic mass is 10.2. The van der Waals surface area contributed by atoms with E-state index in [2.05, 4.69) is 15.9 Å². The van der Waals surface area contributed by atoms with Crippen LogP contribution in [-0.2, 0) is 10.0 Å². The maximum absolute atomic E-state index is 13.2. The number of rotatable bonds is 4. The molecule has 0 spiro atoms. The van der Waals surface area contributed by atoms with Crippen molar-refractivity contribution in [3.8, 4) is 0 Å². The molecule has 0 aliphatic heterocycles. The Morgan fingerprint density at radius 1 is 0.846 bits per heavy atom. The number of amides is 1. The zero-order valence-corrected chi connectivity index (χ0v) is 16.4. The lowest BCUT2D eigenvalue weighted by molar-refractivity contribution is 0.100. The molecule has 3 aromatic rings. The van der Waals surface area contributed by atoms with Crippen molar-refractivity contribution in [1.82, 2.24) is 0 Å². The fraction of sp³-hybridized carbons (Fsp3) is 0.0500. The summed E-state index contributed by atoms with van der Waals surface area (Å²) in [5.41, 5.74) is 1.53. The summed E-state index contributed by atoms with van der Waals surface area (Å²) in [5.74, 6) is -0.620. The Labute approximate surface area is 161 Å². The van der Waals surface area contributed by atoms with Crippen molar-refractivity contribution in [2.75, 3.05) is 4.31 Å². The first kappa shape index (κ1) is 18.4. The van der Waals surface area contributed by atoms with Gasteiger partial charge < -0.3 is 0 Å². The van der Waals surface area contributed by atoms with Gasteiger partial charge in [-0.2, -0.15) is 4.31 Å². The molecule has 0 radical (unpaired) electrons. The van der Waals surface area contributed by atoms with Gasteiger partial charge in [0, 0.05) is 4.47 Å². The highest BCUT2D eigenvalue weighted by molar-refractivity contribution is 9.10. The molecule has 26 heavy (non-hydrogen) atoms. The molecule has 132 valence electrons. The molecule has 0 saturated heterocycles. The molecule has 4 nitrogen and oxygen atoms in total. The van der Waals surface area contributed by atoms with Gasteiger partial charge in [-0.3, -0.25) is 4.79 Å². The van der Waals surface area contributed by atoms with Crippen LogP contribution in [0.2, 0.25) is 0 Å². The summed E-state index contributed by atoms with van der Waals surface area (Å²) in [6, 6.07) is 21.5. The number of aryl methyl sites for hydroxylation is 1. The Morgan fingerprint density at radius 3 is 2.04 bits per heavy atom. The van der Waals surface area contributed by atoms with Crippen LogP contribution in [0.15, 0.2) is 88.2 Å². The molecule has 0 saturated carbocycles. The number of nitrogens with zero attached hydrogens (tertiary/aromatic N) is 1. The van der Waals surface area contributed by atoms with Crippen molar-refractivity contribution in [3.63, 3.8) is 0 Å². The SMILES string of the molecule is Cc1ccc(N(C(=O)c2ccccc2Br)S(=O)(=O)c2ccccc2)cc1. The van der Waals surface area contributed by atoms with Crippen molar-refractivity contribution < 1.29 is 13.2 Å². The monoisotopic (exact) mass is 429 g/mol. The van der Waals surface area contributed by atoms with E-state index in [0.29, 0.717) is 10.2 Å². The van der Waals surface area contributed by atoms with Crippen molar-refractivity contribution in [3.05, 3.63) is 94.5 Å². The first-order valence-corrected chi connectivity index (χ1v) is 10.1. The molecule has 0 bridgehead atoms. The highest BCUT2D eigenvalue weighted by atomic mass is 79.9. The molecule has 0 fully saturated rings. The minimum absolute atomic E-state index is 0.0565.